The zero-order chi connectivity index (χ0) is 28.8. The average molecular weight is 572 g/mol. The number of halogens is 2. The molecule has 1 N–H and O–H groups in total. The Morgan fingerprint density at radius 2 is 1.73 bits per heavy atom. The van der Waals surface area contributed by atoms with Crippen molar-refractivity contribution in [2.45, 2.75) is 27.1 Å². The molecular formula is C32H27ClFN3O4. The lowest BCUT2D eigenvalue weighted by molar-refractivity contribution is 0.0923. The molecule has 0 aliphatic carbocycles. The number of benzene rings is 3. The fourth-order valence-electron chi connectivity index (χ4n) is 4.25. The number of hydrogen-bond acceptors (Lipinski definition) is 5. The van der Waals surface area contributed by atoms with E-state index in [1.807, 2.05) is 24.3 Å². The molecule has 0 spiro atoms. The van der Waals surface area contributed by atoms with E-state index in [0.717, 1.165) is 17.1 Å². The van der Waals surface area contributed by atoms with Crippen molar-refractivity contribution < 1.29 is 23.1 Å². The summed E-state index contributed by atoms with van der Waals surface area (Å²) in [5.41, 5.74) is 7.02. The summed E-state index contributed by atoms with van der Waals surface area (Å²) < 4.78 is 32.9. The molecule has 0 saturated heterocycles. The lowest BCUT2D eigenvalue weighted by Crippen LogP contribution is -2.16. The number of furan rings is 1. The van der Waals surface area contributed by atoms with Crippen LogP contribution in [0.1, 0.15) is 38.8 Å². The van der Waals surface area contributed by atoms with E-state index < -0.39 is 5.91 Å². The van der Waals surface area contributed by atoms with Crippen LogP contribution in [0.15, 0.2) is 101 Å². The lowest BCUT2D eigenvalue weighted by atomic mass is 10.2. The highest BCUT2D eigenvalue weighted by molar-refractivity contribution is 6.30. The SMILES string of the molecule is Cc1ccc(C)n1-c1ccc(OCc2ccc(C(=O)N/N=C/c3cc(Cl)ccc3OCc3cccc(F)c3)o2)cc1. The Kier molecular flexibility index (Phi) is 8.50. The maximum atomic E-state index is 13.5. The molecule has 5 rings (SSSR count). The number of carbonyl (C=O) groups is 1. The molecule has 208 valence electrons. The van der Waals surface area contributed by atoms with E-state index in [1.165, 1.54) is 18.3 Å². The maximum Gasteiger partial charge on any atom is 0.307 e. The Bertz CT molecular complexity index is 1670. The van der Waals surface area contributed by atoms with Gasteiger partial charge in [0.25, 0.3) is 0 Å². The first-order chi connectivity index (χ1) is 19.9. The molecule has 5 aromatic rings. The third-order valence-electron chi connectivity index (χ3n) is 6.26. The van der Waals surface area contributed by atoms with Crippen LogP contribution in [-0.4, -0.2) is 16.7 Å². The predicted molar refractivity (Wildman–Crippen MR) is 156 cm³/mol. The van der Waals surface area contributed by atoms with Gasteiger partial charge in [0.1, 0.15) is 36.3 Å². The number of nitrogens with zero attached hydrogens (tertiary/aromatic N) is 2. The zero-order valence-corrected chi connectivity index (χ0v) is 23.2. The second kappa shape index (κ2) is 12.6. The number of carbonyl (C=O) groups excluding carboxylic acids is 1. The summed E-state index contributed by atoms with van der Waals surface area (Å²) >= 11 is 6.13. The Morgan fingerprint density at radius 3 is 2.49 bits per heavy atom. The van der Waals surface area contributed by atoms with Gasteiger partial charge in [-0.05, 0) is 98.3 Å². The first kappa shape index (κ1) is 27.7. The van der Waals surface area contributed by atoms with Gasteiger partial charge in [0.2, 0.25) is 0 Å². The van der Waals surface area contributed by atoms with Gasteiger partial charge in [0, 0.05) is 27.7 Å². The molecule has 0 fully saturated rings. The van der Waals surface area contributed by atoms with Crippen molar-refractivity contribution in [3.8, 4) is 17.2 Å². The van der Waals surface area contributed by atoms with E-state index in [-0.39, 0.29) is 24.8 Å². The molecule has 41 heavy (non-hydrogen) atoms. The molecule has 0 radical (unpaired) electrons. The van der Waals surface area contributed by atoms with Crippen LogP contribution in [0.5, 0.6) is 11.5 Å². The van der Waals surface area contributed by atoms with Gasteiger partial charge < -0.3 is 18.5 Å². The monoisotopic (exact) mass is 571 g/mol. The highest BCUT2D eigenvalue weighted by atomic mass is 35.5. The standard InChI is InChI=1S/C32H27ClFN3O4/c1-21-6-7-22(2)37(21)27-9-11-28(12-10-27)39-20-29-13-15-31(41-29)32(38)36-35-18-24-17-25(33)8-14-30(24)40-19-23-4-3-5-26(34)16-23/h3-18H,19-20H2,1-2H3,(H,36,38)/b35-18+. The summed E-state index contributed by atoms with van der Waals surface area (Å²) in [6.45, 7) is 4.44. The van der Waals surface area contributed by atoms with Crippen LogP contribution in [0.4, 0.5) is 4.39 Å². The van der Waals surface area contributed by atoms with Crippen molar-refractivity contribution in [2.75, 3.05) is 0 Å². The normalized spacial score (nSPS) is 11.1. The van der Waals surface area contributed by atoms with E-state index in [4.69, 9.17) is 25.5 Å². The van der Waals surface area contributed by atoms with Crippen LogP contribution in [0.3, 0.4) is 0 Å². The van der Waals surface area contributed by atoms with Crippen LogP contribution >= 0.6 is 11.6 Å². The van der Waals surface area contributed by atoms with E-state index in [1.54, 1.807) is 42.5 Å². The maximum absolute atomic E-state index is 13.5. The molecule has 2 heterocycles. The third kappa shape index (κ3) is 7.04. The van der Waals surface area contributed by atoms with Gasteiger partial charge in [-0.15, -0.1) is 0 Å². The minimum Gasteiger partial charge on any atom is -0.488 e. The Labute approximate surface area is 241 Å². The molecule has 0 saturated carbocycles. The molecule has 0 atom stereocenters. The molecule has 0 bridgehead atoms. The van der Waals surface area contributed by atoms with Crippen molar-refractivity contribution in [3.05, 3.63) is 136 Å². The van der Waals surface area contributed by atoms with Gasteiger partial charge in [0.15, 0.2) is 5.76 Å². The van der Waals surface area contributed by atoms with Crippen molar-refractivity contribution in [1.82, 2.24) is 9.99 Å². The van der Waals surface area contributed by atoms with Gasteiger partial charge in [-0.3, -0.25) is 4.79 Å². The van der Waals surface area contributed by atoms with Gasteiger partial charge in [-0.1, -0.05) is 23.7 Å². The minimum atomic E-state index is -0.529. The van der Waals surface area contributed by atoms with Crippen LogP contribution in [0.25, 0.3) is 5.69 Å². The first-order valence-corrected chi connectivity index (χ1v) is 13.2. The topological polar surface area (TPSA) is 78.0 Å². The van der Waals surface area contributed by atoms with Gasteiger partial charge in [-0.25, -0.2) is 9.82 Å². The summed E-state index contributed by atoms with van der Waals surface area (Å²) in [6.07, 6.45) is 1.41. The molecule has 0 aliphatic heterocycles. The van der Waals surface area contributed by atoms with Gasteiger partial charge in [0.05, 0.1) is 6.21 Å². The van der Waals surface area contributed by atoms with Crippen molar-refractivity contribution in [1.29, 1.82) is 0 Å². The molecule has 0 aliphatic rings. The number of hydrazone groups is 1. The number of rotatable bonds is 10. The summed E-state index contributed by atoms with van der Waals surface area (Å²) in [6, 6.07) is 26.3. The number of nitrogens with one attached hydrogen (secondary N) is 1. The fourth-order valence-corrected chi connectivity index (χ4v) is 4.43. The number of ether oxygens (including phenoxy) is 2. The Balaban J connectivity index is 1.15. The van der Waals surface area contributed by atoms with Gasteiger partial charge in [-0.2, -0.15) is 5.10 Å². The first-order valence-electron chi connectivity index (χ1n) is 12.8. The lowest BCUT2D eigenvalue weighted by Gasteiger charge is -2.10. The molecule has 7 nitrogen and oxygen atoms in total. The van der Waals surface area contributed by atoms with E-state index >= 15 is 0 Å². The van der Waals surface area contributed by atoms with Crippen molar-refractivity contribution >= 4 is 23.7 Å². The largest absolute Gasteiger partial charge is 0.488 e. The zero-order valence-electron chi connectivity index (χ0n) is 22.4. The molecule has 0 unspecified atom stereocenters. The van der Waals surface area contributed by atoms with Crippen LogP contribution < -0.4 is 14.9 Å². The van der Waals surface area contributed by atoms with Crippen LogP contribution in [-0.2, 0) is 13.2 Å². The fraction of sp³-hybridized carbons (Fsp3) is 0.125. The Hall–Kier alpha value is -4.82. The minimum absolute atomic E-state index is 0.0864. The molecule has 9 heteroatoms. The number of amides is 1. The van der Waals surface area contributed by atoms with E-state index in [9.17, 15) is 9.18 Å². The number of aryl methyl sites for hydroxylation is 2. The third-order valence-corrected chi connectivity index (χ3v) is 6.49. The van der Waals surface area contributed by atoms with Crippen LogP contribution in [0, 0.1) is 19.7 Å². The smallest absolute Gasteiger partial charge is 0.307 e. The molecular weight excluding hydrogens is 545 g/mol. The summed E-state index contributed by atoms with van der Waals surface area (Å²) in [7, 11) is 0. The quantitative estimate of drug-likeness (QED) is 0.140. The van der Waals surface area contributed by atoms with E-state index in [2.05, 4.69) is 41.1 Å². The van der Waals surface area contributed by atoms with Crippen LogP contribution in [0.2, 0.25) is 5.02 Å². The summed E-state index contributed by atoms with van der Waals surface area (Å²) in [5, 5.41) is 4.49. The number of aromatic nitrogens is 1. The molecule has 2 aromatic heterocycles. The summed E-state index contributed by atoms with van der Waals surface area (Å²) in [5.74, 6) is 0.859. The average Bonchev–Trinajstić information content (AvgIpc) is 3.58. The van der Waals surface area contributed by atoms with E-state index in [0.29, 0.717) is 33.4 Å². The Morgan fingerprint density at radius 1 is 0.951 bits per heavy atom. The summed E-state index contributed by atoms with van der Waals surface area (Å²) in [4.78, 5) is 12.6. The second-order valence-corrected chi connectivity index (χ2v) is 9.74. The van der Waals surface area contributed by atoms with Crippen molar-refractivity contribution in [3.63, 3.8) is 0 Å². The number of hydrogen-bond donors (Lipinski definition) is 1. The van der Waals surface area contributed by atoms with Gasteiger partial charge >= 0.3 is 5.91 Å². The highest BCUT2D eigenvalue weighted by Crippen LogP contribution is 2.23. The highest BCUT2D eigenvalue weighted by Gasteiger charge is 2.12. The molecule has 3 aromatic carbocycles. The molecule has 1 amide bonds. The predicted octanol–water partition coefficient (Wildman–Crippen LogP) is 7.40. The van der Waals surface area contributed by atoms with Crippen molar-refractivity contribution in [2.24, 2.45) is 5.10 Å². The second-order valence-electron chi connectivity index (χ2n) is 9.30.